The highest BCUT2D eigenvalue weighted by Gasteiger charge is 2.16. The van der Waals surface area contributed by atoms with Gasteiger partial charge in [0.05, 0.1) is 6.04 Å². The van der Waals surface area contributed by atoms with Gasteiger partial charge in [0, 0.05) is 11.9 Å². The molecule has 1 unspecified atom stereocenters. The Morgan fingerprint density at radius 2 is 2.39 bits per heavy atom. The van der Waals surface area contributed by atoms with E-state index in [1.807, 2.05) is 26.0 Å². The molecule has 2 aromatic heterocycles. The Morgan fingerprint density at radius 1 is 1.61 bits per heavy atom. The molecule has 0 radical (unpaired) electrons. The molecular formula is C12H15N3O2S. The third-order valence-corrected chi connectivity index (χ3v) is 3.37. The van der Waals surface area contributed by atoms with E-state index in [0.717, 1.165) is 16.5 Å². The number of aromatic nitrogens is 1. The number of furan rings is 1. The zero-order valence-corrected chi connectivity index (χ0v) is 11.1. The van der Waals surface area contributed by atoms with Gasteiger partial charge in [0.15, 0.2) is 0 Å². The maximum atomic E-state index is 11.9. The standard InChI is InChI=1S/C12H15N3O2S/c1-7-3-4-10(17-7)8(2)14-12(16)9-6-18-11(5-13)15-9/h3-4,6,8H,5,13H2,1-2H3,(H,14,16). The lowest BCUT2D eigenvalue weighted by Crippen LogP contribution is -2.26. The number of nitrogens with two attached hydrogens (primary N) is 1. The predicted octanol–water partition coefficient (Wildman–Crippen LogP) is 1.99. The van der Waals surface area contributed by atoms with Gasteiger partial charge in [0.2, 0.25) is 0 Å². The molecule has 2 rings (SSSR count). The Morgan fingerprint density at radius 3 is 2.94 bits per heavy atom. The molecule has 96 valence electrons. The molecule has 0 aromatic carbocycles. The summed E-state index contributed by atoms with van der Waals surface area (Å²) in [5.41, 5.74) is 5.86. The Hall–Kier alpha value is -1.66. The van der Waals surface area contributed by atoms with Gasteiger partial charge in [-0.1, -0.05) is 0 Å². The van der Waals surface area contributed by atoms with Crippen molar-refractivity contribution in [1.29, 1.82) is 0 Å². The van der Waals surface area contributed by atoms with Crippen LogP contribution < -0.4 is 11.1 Å². The summed E-state index contributed by atoms with van der Waals surface area (Å²) in [6, 6.07) is 3.54. The van der Waals surface area contributed by atoms with Crippen LogP contribution in [0, 0.1) is 6.92 Å². The molecule has 0 saturated carbocycles. The molecule has 0 bridgehead atoms. The Bertz CT molecular complexity index is 547. The highest BCUT2D eigenvalue weighted by molar-refractivity contribution is 7.09. The van der Waals surface area contributed by atoms with E-state index in [2.05, 4.69) is 10.3 Å². The van der Waals surface area contributed by atoms with Crippen LogP contribution in [0.5, 0.6) is 0 Å². The minimum Gasteiger partial charge on any atom is -0.464 e. The summed E-state index contributed by atoms with van der Waals surface area (Å²) in [5.74, 6) is 1.34. The quantitative estimate of drug-likeness (QED) is 0.885. The highest BCUT2D eigenvalue weighted by Crippen LogP contribution is 2.16. The topological polar surface area (TPSA) is 81.2 Å². The van der Waals surface area contributed by atoms with Crippen molar-refractivity contribution in [3.63, 3.8) is 0 Å². The number of hydrogen-bond acceptors (Lipinski definition) is 5. The van der Waals surface area contributed by atoms with Gasteiger partial charge in [-0.15, -0.1) is 11.3 Å². The highest BCUT2D eigenvalue weighted by atomic mass is 32.1. The van der Waals surface area contributed by atoms with Crippen LogP contribution in [-0.2, 0) is 6.54 Å². The molecule has 18 heavy (non-hydrogen) atoms. The van der Waals surface area contributed by atoms with Crippen LogP contribution in [0.4, 0.5) is 0 Å². The molecule has 2 heterocycles. The number of carbonyl (C=O) groups is 1. The van der Waals surface area contributed by atoms with Gasteiger partial charge >= 0.3 is 0 Å². The summed E-state index contributed by atoms with van der Waals surface area (Å²) >= 11 is 1.38. The number of amides is 1. The van der Waals surface area contributed by atoms with Crippen molar-refractivity contribution in [3.8, 4) is 0 Å². The van der Waals surface area contributed by atoms with E-state index in [-0.39, 0.29) is 11.9 Å². The summed E-state index contributed by atoms with van der Waals surface area (Å²) in [5, 5.41) is 5.29. The van der Waals surface area contributed by atoms with Crippen LogP contribution in [0.2, 0.25) is 0 Å². The third kappa shape index (κ3) is 2.77. The molecule has 0 aliphatic carbocycles. The van der Waals surface area contributed by atoms with Gasteiger partial charge in [0.1, 0.15) is 22.2 Å². The molecule has 0 fully saturated rings. The predicted molar refractivity (Wildman–Crippen MR) is 69.3 cm³/mol. The number of nitrogens with zero attached hydrogens (tertiary/aromatic N) is 1. The molecule has 3 N–H and O–H groups in total. The van der Waals surface area contributed by atoms with Crippen LogP contribution in [0.1, 0.15) is 40.0 Å². The van der Waals surface area contributed by atoms with Gasteiger partial charge in [0.25, 0.3) is 5.91 Å². The molecule has 0 saturated heterocycles. The molecule has 0 aliphatic rings. The van der Waals surface area contributed by atoms with Gasteiger partial charge in [-0.05, 0) is 26.0 Å². The van der Waals surface area contributed by atoms with Crippen LogP contribution in [-0.4, -0.2) is 10.9 Å². The van der Waals surface area contributed by atoms with E-state index < -0.39 is 0 Å². The van der Waals surface area contributed by atoms with Crippen LogP contribution >= 0.6 is 11.3 Å². The molecule has 0 spiro atoms. The fourth-order valence-electron chi connectivity index (χ4n) is 1.54. The number of hydrogen-bond donors (Lipinski definition) is 2. The molecule has 1 atom stereocenters. The average molecular weight is 265 g/mol. The first-order chi connectivity index (χ1) is 8.60. The summed E-state index contributed by atoms with van der Waals surface area (Å²) in [6.07, 6.45) is 0. The zero-order valence-electron chi connectivity index (χ0n) is 10.3. The van der Waals surface area contributed by atoms with Crippen molar-refractivity contribution in [2.24, 2.45) is 5.73 Å². The van der Waals surface area contributed by atoms with Crippen molar-refractivity contribution >= 4 is 17.2 Å². The van der Waals surface area contributed by atoms with Crippen molar-refractivity contribution in [2.75, 3.05) is 0 Å². The first-order valence-corrected chi connectivity index (χ1v) is 6.49. The van der Waals surface area contributed by atoms with E-state index in [1.165, 1.54) is 11.3 Å². The maximum Gasteiger partial charge on any atom is 0.271 e. The lowest BCUT2D eigenvalue weighted by Gasteiger charge is -2.09. The van der Waals surface area contributed by atoms with E-state index >= 15 is 0 Å². The molecule has 1 amide bonds. The van der Waals surface area contributed by atoms with E-state index in [4.69, 9.17) is 10.2 Å². The first kappa shape index (κ1) is 12.8. The average Bonchev–Trinajstić information content (AvgIpc) is 2.97. The van der Waals surface area contributed by atoms with Crippen molar-refractivity contribution in [1.82, 2.24) is 10.3 Å². The molecule has 0 aliphatic heterocycles. The summed E-state index contributed by atoms with van der Waals surface area (Å²) in [6.45, 7) is 4.09. The lowest BCUT2D eigenvalue weighted by molar-refractivity contribution is 0.0930. The first-order valence-electron chi connectivity index (χ1n) is 5.62. The number of nitrogens with one attached hydrogen (secondary N) is 1. The maximum absolute atomic E-state index is 11.9. The van der Waals surface area contributed by atoms with E-state index in [9.17, 15) is 4.79 Å². The van der Waals surface area contributed by atoms with Crippen molar-refractivity contribution in [3.05, 3.63) is 39.7 Å². The van der Waals surface area contributed by atoms with Crippen LogP contribution in [0.25, 0.3) is 0 Å². The molecule has 6 heteroatoms. The molecule has 5 nitrogen and oxygen atoms in total. The summed E-state index contributed by atoms with van der Waals surface area (Å²) in [4.78, 5) is 16.0. The second kappa shape index (κ2) is 5.32. The van der Waals surface area contributed by atoms with E-state index in [1.54, 1.807) is 5.38 Å². The second-order valence-electron chi connectivity index (χ2n) is 3.97. The van der Waals surface area contributed by atoms with Gasteiger partial charge < -0.3 is 15.5 Å². The molecule has 2 aromatic rings. The van der Waals surface area contributed by atoms with Crippen molar-refractivity contribution < 1.29 is 9.21 Å². The largest absolute Gasteiger partial charge is 0.464 e. The van der Waals surface area contributed by atoms with Gasteiger partial charge in [-0.25, -0.2) is 4.98 Å². The van der Waals surface area contributed by atoms with Crippen LogP contribution in [0.3, 0.4) is 0 Å². The minimum absolute atomic E-state index is 0.186. The number of rotatable bonds is 4. The molecular weight excluding hydrogens is 250 g/mol. The normalized spacial score (nSPS) is 12.4. The van der Waals surface area contributed by atoms with Gasteiger partial charge in [-0.3, -0.25) is 4.79 Å². The fraction of sp³-hybridized carbons (Fsp3) is 0.333. The number of aryl methyl sites for hydroxylation is 1. The Labute approximate surface area is 109 Å². The number of thiazole rings is 1. The van der Waals surface area contributed by atoms with Crippen molar-refractivity contribution in [2.45, 2.75) is 26.4 Å². The lowest BCUT2D eigenvalue weighted by atomic mass is 10.2. The Kier molecular flexibility index (Phi) is 3.78. The van der Waals surface area contributed by atoms with Gasteiger partial charge in [-0.2, -0.15) is 0 Å². The van der Waals surface area contributed by atoms with E-state index in [0.29, 0.717) is 12.2 Å². The summed E-state index contributed by atoms with van der Waals surface area (Å²) in [7, 11) is 0. The smallest absolute Gasteiger partial charge is 0.271 e. The van der Waals surface area contributed by atoms with Crippen LogP contribution in [0.15, 0.2) is 21.9 Å². The Balaban J connectivity index is 2.02. The minimum atomic E-state index is -0.215. The number of carbonyl (C=O) groups excluding carboxylic acids is 1. The zero-order chi connectivity index (χ0) is 13.1. The fourth-order valence-corrected chi connectivity index (χ4v) is 2.19. The third-order valence-electron chi connectivity index (χ3n) is 2.49. The SMILES string of the molecule is Cc1ccc(C(C)NC(=O)c2csc(CN)n2)o1. The second-order valence-corrected chi connectivity index (χ2v) is 4.92. The monoisotopic (exact) mass is 265 g/mol. The summed E-state index contributed by atoms with van der Waals surface area (Å²) < 4.78 is 5.46.